The van der Waals surface area contributed by atoms with Gasteiger partial charge in [-0.05, 0) is 13.8 Å². The van der Waals surface area contributed by atoms with Gasteiger partial charge in [0.05, 0.1) is 11.4 Å². The second-order valence-electron chi connectivity index (χ2n) is 3.86. The smallest absolute Gasteiger partial charge is 0.277 e. The van der Waals surface area contributed by atoms with Crippen LogP contribution in [-0.2, 0) is 7.05 Å². The van der Waals surface area contributed by atoms with E-state index >= 15 is 0 Å². The highest BCUT2D eigenvalue weighted by Crippen LogP contribution is 2.16. The lowest BCUT2D eigenvalue weighted by Gasteiger charge is -2.02. The molecule has 2 aromatic rings. The summed E-state index contributed by atoms with van der Waals surface area (Å²) in [6.07, 6.45) is 0. The molecule has 0 radical (unpaired) electrons. The lowest BCUT2D eigenvalue weighted by molar-refractivity contribution is 0.101. The van der Waals surface area contributed by atoms with Crippen molar-refractivity contribution in [2.45, 2.75) is 13.8 Å². The molecular formula is C10H14N6O. The number of aromatic amines is 1. The van der Waals surface area contributed by atoms with Crippen molar-refractivity contribution in [3.63, 3.8) is 0 Å². The van der Waals surface area contributed by atoms with Crippen LogP contribution in [0.1, 0.15) is 21.9 Å². The van der Waals surface area contributed by atoms with Crippen molar-refractivity contribution in [1.82, 2.24) is 20.0 Å². The van der Waals surface area contributed by atoms with Gasteiger partial charge in [-0.25, -0.2) is 0 Å². The Morgan fingerprint density at radius 3 is 2.71 bits per heavy atom. The number of amides is 1. The number of nitrogen functional groups attached to an aromatic ring is 1. The topological polar surface area (TPSA) is 102 Å². The molecule has 0 aromatic carbocycles. The van der Waals surface area contributed by atoms with E-state index in [1.807, 2.05) is 6.92 Å². The van der Waals surface area contributed by atoms with E-state index < -0.39 is 0 Å². The van der Waals surface area contributed by atoms with Crippen molar-refractivity contribution in [1.29, 1.82) is 0 Å². The maximum absolute atomic E-state index is 12.0. The second-order valence-corrected chi connectivity index (χ2v) is 3.86. The van der Waals surface area contributed by atoms with Gasteiger partial charge in [0.1, 0.15) is 5.69 Å². The fourth-order valence-electron chi connectivity index (χ4n) is 1.60. The zero-order valence-corrected chi connectivity index (χ0v) is 9.90. The third-order valence-corrected chi connectivity index (χ3v) is 2.43. The number of nitrogens with two attached hydrogens (primary N) is 1. The van der Waals surface area contributed by atoms with Crippen molar-refractivity contribution in [3.8, 4) is 0 Å². The third-order valence-electron chi connectivity index (χ3n) is 2.43. The zero-order chi connectivity index (χ0) is 12.6. The Bertz CT molecular complexity index is 567. The quantitative estimate of drug-likeness (QED) is 0.707. The predicted octanol–water partition coefficient (Wildman–Crippen LogP) is 0.595. The standard InChI is InChI=1S/C10H14N6O/c1-5-4-7(14-13-5)12-10(17)9-8(11)6(2)15-16(9)3/h4H,11H2,1-3H3,(H2,12,13,14,17). The third kappa shape index (κ3) is 1.99. The maximum Gasteiger partial charge on any atom is 0.277 e. The summed E-state index contributed by atoms with van der Waals surface area (Å²) in [5.74, 6) is 0.142. The molecule has 0 aliphatic heterocycles. The minimum Gasteiger partial charge on any atom is -0.395 e. The van der Waals surface area contributed by atoms with Crippen LogP contribution in [0.25, 0.3) is 0 Å². The summed E-state index contributed by atoms with van der Waals surface area (Å²) in [6.45, 7) is 3.61. The normalized spacial score (nSPS) is 10.5. The van der Waals surface area contributed by atoms with Gasteiger partial charge in [0.2, 0.25) is 0 Å². The Balaban J connectivity index is 2.26. The molecule has 2 aromatic heterocycles. The first-order valence-electron chi connectivity index (χ1n) is 5.11. The van der Waals surface area contributed by atoms with Crippen LogP contribution in [0.3, 0.4) is 0 Å². The van der Waals surface area contributed by atoms with Gasteiger partial charge >= 0.3 is 0 Å². The molecule has 2 heterocycles. The lowest BCUT2D eigenvalue weighted by atomic mass is 10.3. The molecule has 4 N–H and O–H groups in total. The van der Waals surface area contributed by atoms with E-state index in [9.17, 15) is 4.79 Å². The van der Waals surface area contributed by atoms with Gasteiger partial charge in [0, 0.05) is 18.8 Å². The van der Waals surface area contributed by atoms with Crippen LogP contribution < -0.4 is 11.1 Å². The SMILES string of the molecule is Cc1cc(NC(=O)c2c(N)c(C)nn2C)n[nH]1. The van der Waals surface area contributed by atoms with E-state index in [2.05, 4.69) is 20.6 Å². The molecule has 0 fully saturated rings. The Hall–Kier alpha value is -2.31. The summed E-state index contributed by atoms with van der Waals surface area (Å²) >= 11 is 0. The number of aromatic nitrogens is 4. The first-order valence-corrected chi connectivity index (χ1v) is 5.11. The Labute approximate surface area is 98.0 Å². The Kier molecular flexibility index (Phi) is 2.58. The number of carbonyl (C=O) groups is 1. The summed E-state index contributed by atoms with van der Waals surface area (Å²) in [7, 11) is 1.67. The molecule has 1 amide bonds. The number of aryl methyl sites for hydroxylation is 3. The summed E-state index contributed by atoms with van der Waals surface area (Å²) in [5, 5.41) is 13.4. The van der Waals surface area contributed by atoms with Crippen molar-refractivity contribution in [2.24, 2.45) is 7.05 Å². The minimum atomic E-state index is -0.322. The van der Waals surface area contributed by atoms with E-state index in [1.165, 1.54) is 4.68 Å². The Morgan fingerprint density at radius 1 is 1.53 bits per heavy atom. The summed E-state index contributed by atoms with van der Waals surface area (Å²) in [6, 6.07) is 1.73. The number of anilines is 2. The van der Waals surface area contributed by atoms with Gasteiger partial charge in [-0.2, -0.15) is 10.2 Å². The first kappa shape index (κ1) is 11.2. The number of nitrogens with one attached hydrogen (secondary N) is 2. The van der Waals surface area contributed by atoms with E-state index in [0.717, 1.165) is 5.69 Å². The van der Waals surface area contributed by atoms with E-state index in [0.29, 0.717) is 22.9 Å². The zero-order valence-electron chi connectivity index (χ0n) is 9.90. The number of H-pyrrole nitrogens is 1. The van der Waals surface area contributed by atoms with Gasteiger partial charge < -0.3 is 11.1 Å². The summed E-state index contributed by atoms with van der Waals surface area (Å²) in [5.41, 5.74) is 8.02. The molecule has 17 heavy (non-hydrogen) atoms. The van der Waals surface area contributed by atoms with E-state index in [-0.39, 0.29) is 5.91 Å². The molecule has 0 spiro atoms. The molecule has 0 atom stereocenters. The lowest BCUT2D eigenvalue weighted by Crippen LogP contribution is -2.17. The first-order chi connectivity index (χ1) is 7.99. The fraction of sp³-hybridized carbons (Fsp3) is 0.300. The number of hydrogen-bond donors (Lipinski definition) is 3. The monoisotopic (exact) mass is 234 g/mol. The molecule has 7 heteroatoms. The molecule has 0 unspecified atom stereocenters. The van der Waals surface area contributed by atoms with Crippen molar-refractivity contribution in [2.75, 3.05) is 11.1 Å². The number of nitrogens with zero attached hydrogens (tertiary/aromatic N) is 3. The van der Waals surface area contributed by atoms with Gasteiger partial charge in [-0.1, -0.05) is 0 Å². The number of rotatable bonds is 2. The van der Waals surface area contributed by atoms with Crippen LogP contribution in [0.2, 0.25) is 0 Å². The fourth-order valence-corrected chi connectivity index (χ4v) is 1.60. The minimum absolute atomic E-state index is 0.322. The van der Waals surface area contributed by atoms with Crippen molar-refractivity contribution >= 4 is 17.4 Å². The average Bonchev–Trinajstić information content (AvgIpc) is 2.73. The molecule has 0 aliphatic rings. The van der Waals surface area contributed by atoms with Crippen molar-refractivity contribution in [3.05, 3.63) is 23.1 Å². The predicted molar refractivity (Wildman–Crippen MR) is 63.6 cm³/mol. The second kappa shape index (κ2) is 3.93. The summed E-state index contributed by atoms with van der Waals surface area (Å²) in [4.78, 5) is 12.0. The molecule has 0 saturated carbocycles. The van der Waals surface area contributed by atoms with Crippen LogP contribution in [0.15, 0.2) is 6.07 Å². The van der Waals surface area contributed by atoms with Gasteiger partial charge in [0.15, 0.2) is 5.82 Å². The molecule has 90 valence electrons. The van der Waals surface area contributed by atoms with Crippen LogP contribution in [0, 0.1) is 13.8 Å². The number of carbonyl (C=O) groups excluding carboxylic acids is 1. The Morgan fingerprint density at radius 2 is 2.24 bits per heavy atom. The van der Waals surface area contributed by atoms with Crippen molar-refractivity contribution < 1.29 is 4.79 Å². The van der Waals surface area contributed by atoms with E-state index in [1.54, 1.807) is 20.0 Å². The van der Waals surface area contributed by atoms with Crippen LogP contribution in [0.4, 0.5) is 11.5 Å². The van der Waals surface area contributed by atoms with Crippen LogP contribution in [0.5, 0.6) is 0 Å². The molecule has 0 saturated heterocycles. The highest BCUT2D eigenvalue weighted by Gasteiger charge is 2.18. The largest absolute Gasteiger partial charge is 0.395 e. The molecule has 2 rings (SSSR count). The van der Waals surface area contributed by atoms with Gasteiger partial charge in [-0.3, -0.25) is 14.6 Å². The average molecular weight is 234 g/mol. The molecular weight excluding hydrogens is 220 g/mol. The number of hydrogen-bond acceptors (Lipinski definition) is 4. The summed E-state index contributed by atoms with van der Waals surface area (Å²) < 4.78 is 1.46. The van der Waals surface area contributed by atoms with Crippen LogP contribution >= 0.6 is 0 Å². The van der Waals surface area contributed by atoms with E-state index in [4.69, 9.17) is 5.73 Å². The molecule has 0 aliphatic carbocycles. The molecule has 0 bridgehead atoms. The van der Waals surface area contributed by atoms with Gasteiger partial charge in [-0.15, -0.1) is 0 Å². The maximum atomic E-state index is 12.0. The van der Waals surface area contributed by atoms with Crippen LogP contribution in [-0.4, -0.2) is 25.9 Å². The highest BCUT2D eigenvalue weighted by molar-refractivity contribution is 6.06. The highest BCUT2D eigenvalue weighted by atomic mass is 16.2. The van der Waals surface area contributed by atoms with Gasteiger partial charge in [0.25, 0.3) is 5.91 Å². The molecule has 7 nitrogen and oxygen atoms in total.